The minimum atomic E-state index is -3.90. The minimum absolute atomic E-state index is 0.0310. The highest BCUT2D eigenvalue weighted by molar-refractivity contribution is 7.89. The van der Waals surface area contributed by atoms with E-state index in [9.17, 15) is 13.2 Å². The summed E-state index contributed by atoms with van der Waals surface area (Å²) in [5.74, 6) is -0.207. The molecule has 5 rings (SSSR count). The first kappa shape index (κ1) is 18.8. The summed E-state index contributed by atoms with van der Waals surface area (Å²) >= 11 is 0. The van der Waals surface area contributed by atoms with Crippen LogP contribution in [0, 0.1) is 0 Å². The Hall–Kier alpha value is -3.24. The van der Waals surface area contributed by atoms with Gasteiger partial charge in [-0.15, -0.1) is 0 Å². The summed E-state index contributed by atoms with van der Waals surface area (Å²) in [5, 5.41) is 3.57. The molecular weight excluding hydrogens is 408 g/mol. The number of hydrogen-bond donors (Lipinski definition) is 0. The highest BCUT2D eigenvalue weighted by Crippen LogP contribution is 2.36. The van der Waals surface area contributed by atoms with Gasteiger partial charge < -0.3 is 14.2 Å². The molecule has 2 aliphatic heterocycles. The molecule has 2 aromatic heterocycles. The van der Waals surface area contributed by atoms with Crippen LogP contribution in [0.5, 0.6) is 5.88 Å². The lowest BCUT2D eigenvalue weighted by Crippen LogP contribution is -2.46. The van der Waals surface area contributed by atoms with Crippen molar-refractivity contribution >= 4 is 15.9 Å². The first-order valence-corrected chi connectivity index (χ1v) is 10.9. The van der Waals surface area contributed by atoms with Crippen molar-refractivity contribution in [1.82, 2.24) is 19.3 Å². The van der Waals surface area contributed by atoms with Crippen LogP contribution in [0.1, 0.15) is 16.1 Å². The quantitative estimate of drug-likeness (QED) is 0.625. The Morgan fingerprint density at radius 3 is 2.67 bits per heavy atom. The molecule has 0 unspecified atom stereocenters. The predicted molar refractivity (Wildman–Crippen MR) is 104 cm³/mol. The monoisotopic (exact) mass is 426 g/mol. The number of aromatic nitrogens is 2. The smallest absolute Gasteiger partial charge is 0.292 e. The normalized spacial score (nSPS) is 22.6. The molecule has 1 aromatic carbocycles. The number of hydrogen-bond acceptors (Lipinski definition) is 7. The van der Waals surface area contributed by atoms with Gasteiger partial charge in [0, 0.05) is 25.4 Å². The summed E-state index contributed by atoms with van der Waals surface area (Å²) < 4.78 is 39.5. The molecular formula is C20H18N4O5S. The van der Waals surface area contributed by atoms with Crippen LogP contribution in [0.15, 0.2) is 70.3 Å². The summed E-state index contributed by atoms with van der Waals surface area (Å²) in [6.07, 6.45) is 2.32. The number of nitrogens with zero attached hydrogens (tertiary/aromatic N) is 4. The van der Waals surface area contributed by atoms with Gasteiger partial charge in [0.1, 0.15) is 11.0 Å². The lowest BCUT2D eigenvalue weighted by Gasteiger charge is -2.28. The standard InChI is InChI=1S/C20H18N4O5S/c25-20(16-8-10-22-29-16)23-12-15-17(13-23)28-19-18(7-4-9-21-19)30(26,27)24(15)11-14-5-2-1-3-6-14/h1-10,15,17H,11-13H2/t15-,17+/m1/s1. The van der Waals surface area contributed by atoms with E-state index in [1.807, 2.05) is 30.3 Å². The van der Waals surface area contributed by atoms with Crippen molar-refractivity contribution in [3.8, 4) is 5.88 Å². The zero-order valence-electron chi connectivity index (χ0n) is 15.8. The van der Waals surface area contributed by atoms with Crippen LogP contribution in [-0.4, -0.2) is 58.9 Å². The van der Waals surface area contributed by atoms with Crippen LogP contribution in [0.25, 0.3) is 0 Å². The molecule has 0 bridgehead atoms. The van der Waals surface area contributed by atoms with Gasteiger partial charge in [0.2, 0.25) is 21.7 Å². The number of carbonyl (C=O) groups excluding carboxylic acids is 1. The molecule has 3 aromatic rings. The van der Waals surface area contributed by atoms with Gasteiger partial charge in [-0.3, -0.25) is 4.79 Å². The number of rotatable bonds is 3. The first-order valence-electron chi connectivity index (χ1n) is 9.41. The van der Waals surface area contributed by atoms with Crippen LogP contribution in [-0.2, 0) is 16.6 Å². The van der Waals surface area contributed by atoms with Crippen molar-refractivity contribution in [2.45, 2.75) is 23.6 Å². The van der Waals surface area contributed by atoms with Gasteiger partial charge in [-0.1, -0.05) is 35.5 Å². The van der Waals surface area contributed by atoms with Gasteiger partial charge in [0.05, 0.1) is 18.8 Å². The van der Waals surface area contributed by atoms with Gasteiger partial charge in [0.25, 0.3) is 5.91 Å². The van der Waals surface area contributed by atoms with Crippen LogP contribution in [0.3, 0.4) is 0 Å². The highest BCUT2D eigenvalue weighted by atomic mass is 32.2. The number of benzene rings is 1. The Bertz CT molecular complexity index is 1170. The summed E-state index contributed by atoms with van der Waals surface area (Å²) in [6.45, 7) is 0.539. The van der Waals surface area contributed by atoms with E-state index in [0.717, 1.165) is 5.56 Å². The molecule has 2 atom stereocenters. The summed E-state index contributed by atoms with van der Waals surface area (Å²) in [7, 11) is -3.90. The van der Waals surface area contributed by atoms with Crippen molar-refractivity contribution in [1.29, 1.82) is 0 Å². The highest BCUT2D eigenvalue weighted by Gasteiger charge is 2.49. The van der Waals surface area contributed by atoms with Gasteiger partial charge >= 0.3 is 0 Å². The average molecular weight is 426 g/mol. The van der Waals surface area contributed by atoms with Crippen molar-refractivity contribution in [2.24, 2.45) is 0 Å². The number of sulfonamides is 1. The molecule has 1 amide bonds. The minimum Gasteiger partial charge on any atom is -0.470 e. The first-order chi connectivity index (χ1) is 14.5. The molecule has 0 N–H and O–H groups in total. The number of carbonyl (C=O) groups is 1. The molecule has 154 valence electrons. The summed E-state index contributed by atoms with van der Waals surface area (Å²) in [5.41, 5.74) is 0.840. The zero-order valence-corrected chi connectivity index (χ0v) is 16.6. The molecule has 10 heteroatoms. The van der Waals surface area contributed by atoms with Gasteiger partial charge in [-0.2, -0.15) is 4.31 Å². The number of likely N-dealkylation sites (tertiary alicyclic amines) is 1. The fourth-order valence-electron chi connectivity index (χ4n) is 3.87. The van der Waals surface area contributed by atoms with Crippen molar-refractivity contribution in [3.05, 3.63) is 72.2 Å². The van der Waals surface area contributed by atoms with E-state index in [4.69, 9.17) is 9.26 Å². The van der Waals surface area contributed by atoms with Crippen molar-refractivity contribution in [2.75, 3.05) is 13.1 Å². The molecule has 1 fully saturated rings. The van der Waals surface area contributed by atoms with E-state index in [2.05, 4.69) is 10.1 Å². The van der Waals surface area contributed by atoms with E-state index in [1.54, 1.807) is 6.07 Å². The maximum absolute atomic E-state index is 13.6. The lowest BCUT2D eigenvalue weighted by molar-refractivity contribution is 0.0729. The van der Waals surface area contributed by atoms with E-state index in [0.29, 0.717) is 0 Å². The second kappa shape index (κ2) is 7.22. The lowest BCUT2D eigenvalue weighted by atomic mass is 10.1. The molecule has 0 spiro atoms. The second-order valence-corrected chi connectivity index (χ2v) is 9.01. The SMILES string of the molecule is O=C(c1ccno1)N1C[C@@H]2Oc3ncccc3S(=O)(=O)N(Cc3ccccc3)[C@@H]2C1. The van der Waals surface area contributed by atoms with Crippen LogP contribution in [0.4, 0.5) is 0 Å². The molecule has 4 heterocycles. The molecule has 9 nitrogen and oxygen atoms in total. The van der Waals surface area contributed by atoms with E-state index in [-0.39, 0.29) is 42.1 Å². The topological polar surface area (TPSA) is 106 Å². The van der Waals surface area contributed by atoms with Crippen LogP contribution < -0.4 is 4.74 Å². The van der Waals surface area contributed by atoms with Crippen molar-refractivity contribution < 1.29 is 22.5 Å². The van der Waals surface area contributed by atoms with E-state index >= 15 is 0 Å². The van der Waals surface area contributed by atoms with E-state index in [1.165, 1.54) is 33.7 Å². The fourth-order valence-corrected chi connectivity index (χ4v) is 5.57. The third-order valence-electron chi connectivity index (χ3n) is 5.31. The second-order valence-electron chi connectivity index (χ2n) is 7.15. The number of fused-ring (bicyclic) bond motifs is 2. The van der Waals surface area contributed by atoms with Gasteiger partial charge in [-0.25, -0.2) is 13.4 Å². The predicted octanol–water partition coefficient (Wildman–Crippen LogP) is 1.55. The van der Waals surface area contributed by atoms with E-state index < -0.39 is 22.2 Å². The van der Waals surface area contributed by atoms with Crippen molar-refractivity contribution in [3.63, 3.8) is 0 Å². The average Bonchev–Trinajstić information content (AvgIpc) is 3.41. The third kappa shape index (κ3) is 3.14. The van der Waals surface area contributed by atoms with Crippen LogP contribution in [0.2, 0.25) is 0 Å². The fraction of sp³-hybridized carbons (Fsp3) is 0.250. The zero-order chi connectivity index (χ0) is 20.7. The molecule has 0 aliphatic carbocycles. The van der Waals surface area contributed by atoms with Gasteiger partial charge in [-0.05, 0) is 17.7 Å². The Labute approximate surface area is 172 Å². The molecule has 30 heavy (non-hydrogen) atoms. The number of pyridine rings is 1. The number of amides is 1. The Morgan fingerprint density at radius 2 is 1.90 bits per heavy atom. The summed E-state index contributed by atoms with van der Waals surface area (Å²) in [4.78, 5) is 18.5. The largest absolute Gasteiger partial charge is 0.470 e. The molecule has 0 saturated carbocycles. The maximum Gasteiger partial charge on any atom is 0.292 e. The summed E-state index contributed by atoms with van der Waals surface area (Å²) in [6, 6.07) is 13.3. The number of ether oxygens (including phenoxy) is 1. The molecule has 0 radical (unpaired) electrons. The Balaban J connectivity index is 1.55. The Kier molecular flexibility index (Phi) is 4.52. The third-order valence-corrected chi connectivity index (χ3v) is 7.19. The van der Waals surface area contributed by atoms with Gasteiger partial charge in [0.15, 0.2) is 0 Å². The Morgan fingerprint density at radius 1 is 1.07 bits per heavy atom. The molecule has 1 saturated heterocycles. The molecule has 2 aliphatic rings. The maximum atomic E-state index is 13.6. The van der Waals surface area contributed by atoms with Crippen LogP contribution >= 0.6 is 0 Å².